The Morgan fingerprint density at radius 2 is 1.93 bits per heavy atom. The number of hydrogen-bond donors (Lipinski definition) is 1. The van der Waals surface area contributed by atoms with Crippen molar-refractivity contribution < 1.29 is 14.3 Å². The number of rotatable bonds is 9. The Kier molecular flexibility index (Phi) is 7.28. The largest absolute Gasteiger partial charge is 0.494 e. The van der Waals surface area contributed by atoms with E-state index >= 15 is 0 Å². The van der Waals surface area contributed by atoms with Crippen molar-refractivity contribution in [2.75, 3.05) is 26.9 Å². The van der Waals surface area contributed by atoms with Gasteiger partial charge in [0.05, 0.1) is 17.7 Å². The average Bonchev–Trinajstić information content (AvgIpc) is 2.72. The summed E-state index contributed by atoms with van der Waals surface area (Å²) in [5.41, 5.74) is 1.44. The van der Waals surface area contributed by atoms with Crippen molar-refractivity contribution in [2.45, 2.75) is 23.3 Å². The molecule has 0 bridgehead atoms. The van der Waals surface area contributed by atoms with Crippen molar-refractivity contribution in [3.8, 4) is 5.75 Å². The number of pyridine rings is 1. The van der Waals surface area contributed by atoms with Crippen LogP contribution in [-0.4, -0.2) is 37.8 Å². The molecule has 146 valence electrons. The van der Waals surface area contributed by atoms with Crippen LogP contribution in [-0.2, 0) is 4.74 Å². The number of carbonyl (C=O) groups excluding carboxylic acids is 1. The molecule has 0 aliphatic carbocycles. The predicted octanol–water partition coefficient (Wildman–Crippen LogP) is 4.55. The molecule has 0 fully saturated rings. The maximum atomic E-state index is 12.7. The van der Waals surface area contributed by atoms with Crippen molar-refractivity contribution in [3.63, 3.8) is 0 Å². The molecule has 0 unspecified atom stereocenters. The van der Waals surface area contributed by atoms with Crippen molar-refractivity contribution in [3.05, 3.63) is 60.2 Å². The van der Waals surface area contributed by atoms with E-state index in [1.54, 1.807) is 7.11 Å². The number of nitrogens with one attached hydrogen (secondary N) is 1. The number of nitrogens with zero attached hydrogens (tertiary/aromatic N) is 1. The third-order valence-electron chi connectivity index (χ3n) is 4.11. The van der Waals surface area contributed by atoms with Gasteiger partial charge < -0.3 is 14.8 Å². The fourth-order valence-electron chi connectivity index (χ4n) is 2.80. The lowest BCUT2D eigenvalue weighted by molar-refractivity contribution is 0.0950. The SMILES string of the molecule is CCOc1ccc(Sc2cc(C(=O)NCCCOC)c3ccccc3n2)cc1. The Morgan fingerprint density at radius 1 is 1.14 bits per heavy atom. The summed E-state index contributed by atoms with van der Waals surface area (Å²) >= 11 is 1.53. The monoisotopic (exact) mass is 396 g/mol. The van der Waals surface area contributed by atoms with Gasteiger partial charge in [-0.2, -0.15) is 0 Å². The smallest absolute Gasteiger partial charge is 0.252 e. The first-order valence-electron chi connectivity index (χ1n) is 9.29. The van der Waals surface area contributed by atoms with Crippen molar-refractivity contribution in [1.29, 1.82) is 0 Å². The van der Waals surface area contributed by atoms with Crippen LogP contribution in [0.4, 0.5) is 0 Å². The molecule has 0 aliphatic rings. The molecule has 1 N–H and O–H groups in total. The Labute approximate surface area is 169 Å². The number of methoxy groups -OCH3 is 1. The highest BCUT2D eigenvalue weighted by atomic mass is 32.2. The Morgan fingerprint density at radius 3 is 2.68 bits per heavy atom. The zero-order valence-corrected chi connectivity index (χ0v) is 16.9. The van der Waals surface area contributed by atoms with Crippen molar-refractivity contribution in [1.82, 2.24) is 10.3 Å². The van der Waals surface area contributed by atoms with Gasteiger partial charge >= 0.3 is 0 Å². The lowest BCUT2D eigenvalue weighted by Gasteiger charge is -2.10. The lowest BCUT2D eigenvalue weighted by Crippen LogP contribution is -2.25. The molecule has 28 heavy (non-hydrogen) atoms. The van der Waals surface area contributed by atoms with E-state index in [1.807, 2.05) is 61.5 Å². The summed E-state index contributed by atoms with van der Waals surface area (Å²) in [7, 11) is 1.66. The van der Waals surface area contributed by atoms with E-state index in [0.29, 0.717) is 25.3 Å². The maximum absolute atomic E-state index is 12.7. The van der Waals surface area contributed by atoms with E-state index in [2.05, 4.69) is 5.32 Å². The molecule has 3 rings (SSSR count). The third-order valence-corrected chi connectivity index (χ3v) is 5.03. The molecule has 3 aromatic rings. The molecule has 1 aromatic heterocycles. The topological polar surface area (TPSA) is 60.5 Å². The van der Waals surface area contributed by atoms with E-state index in [-0.39, 0.29) is 5.91 Å². The summed E-state index contributed by atoms with van der Waals surface area (Å²) in [4.78, 5) is 18.5. The van der Waals surface area contributed by atoms with Gasteiger partial charge in [0, 0.05) is 30.5 Å². The highest BCUT2D eigenvalue weighted by molar-refractivity contribution is 7.99. The number of ether oxygens (including phenoxy) is 2. The number of aromatic nitrogens is 1. The average molecular weight is 397 g/mol. The standard InChI is InChI=1S/C22H24N2O3S/c1-3-27-16-9-11-17(12-10-16)28-21-15-19(22(25)23-13-6-14-26-2)18-7-4-5-8-20(18)24-21/h4-5,7-12,15H,3,6,13-14H2,1-2H3,(H,23,25). The van der Waals surface area contributed by atoms with Gasteiger partial charge in [-0.3, -0.25) is 4.79 Å². The highest BCUT2D eigenvalue weighted by Crippen LogP contribution is 2.30. The molecule has 0 spiro atoms. The van der Waals surface area contributed by atoms with E-state index in [4.69, 9.17) is 14.5 Å². The lowest BCUT2D eigenvalue weighted by atomic mass is 10.1. The van der Waals surface area contributed by atoms with Crippen LogP contribution in [0.3, 0.4) is 0 Å². The minimum atomic E-state index is -0.0942. The van der Waals surface area contributed by atoms with Crippen LogP contribution in [0.15, 0.2) is 64.5 Å². The van der Waals surface area contributed by atoms with Crippen LogP contribution in [0.25, 0.3) is 10.9 Å². The predicted molar refractivity (Wildman–Crippen MR) is 112 cm³/mol. The molecule has 2 aromatic carbocycles. The second-order valence-corrected chi connectivity index (χ2v) is 7.23. The minimum Gasteiger partial charge on any atom is -0.494 e. The summed E-state index contributed by atoms with van der Waals surface area (Å²) in [6, 6.07) is 17.4. The van der Waals surface area contributed by atoms with Gasteiger partial charge in [-0.15, -0.1) is 0 Å². The fraction of sp³-hybridized carbons (Fsp3) is 0.273. The molecule has 5 nitrogen and oxygen atoms in total. The van der Waals surface area contributed by atoms with Gasteiger partial charge in [-0.25, -0.2) is 4.98 Å². The first-order chi connectivity index (χ1) is 13.7. The van der Waals surface area contributed by atoms with E-state index < -0.39 is 0 Å². The van der Waals surface area contributed by atoms with Crippen LogP contribution >= 0.6 is 11.8 Å². The second kappa shape index (κ2) is 10.1. The molecular formula is C22H24N2O3S. The molecule has 1 heterocycles. The molecule has 0 radical (unpaired) electrons. The quantitative estimate of drug-likeness (QED) is 0.538. The van der Waals surface area contributed by atoms with Crippen molar-refractivity contribution in [2.24, 2.45) is 0 Å². The fourth-order valence-corrected chi connectivity index (χ4v) is 3.63. The van der Waals surface area contributed by atoms with Crippen LogP contribution in [0.1, 0.15) is 23.7 Å². The zero-order valence-electron chi connectivity index (χ0n) is 16.1. The maximum Gasteiger partial charge on any atom is 0.252 e. The van der Waals surface area contributed by atoms with Crippen LogP contribution in [0.2, 0.25) is 0 Å². The summed E-state index contributed by atoms with van der Waals surface area (Å²) in [5.74, 6) is 0.748. The number of carbonyl (C=O) groups is 1. The van der Waals surface area contributed by atoms with Gasteiger partial charge in [0.25, 0.3) is 5.91 Å². The van der Waals surface area contributed by atoms with Crippen LogP contribution in [0.5, 0.6) is 5.75 Å². The second-order valence-electron chi connectivity index (χ2n) is 6.13. The first-order valence-corrected chi connectivity index (χ1v) is 10.1. The van der Waals surface area contributed by atoms with Gasteiger partial charge in [-0.1, -0.05) is 30.0 Å². The number of para-hydroxylation sites is 1. The third kappa shape index (κ3) is 5.24. The van der Waals surface area contributed by atoms with Gasteiger partial charge in [0.15, 0.2) is 0 Å². The van der Waals surface area contributed by atoms with E-state index in [0.717, 1.165) is 33.0 Å². The Hall–Kier alpha value is -2.57. The Balaban J connectivity index is 1.83. The first kappa shape index (κ1) is 20.2. The summed E-state index contributed by atoms with van der Waals surface area (Å²) in [6.45, 7) is 3.80. The number of benzene rings is 2. The number of fused-ring (bicyclic) bond motifs is 1. The Bertz CT molecular complexity index is 929. The van der Waals surface area contributed by atoms with Gasteiger partial charge in [-0.05, 0) is 49.7 Å². The summed E-state index contributed by atoms with van der Waals surface area (Å²) in [5, 5.41) is 4.60. The molecular weight excluding hydrogens is 372 g/mol. The normalized spacial score (nSPS) is 10.8. The van der Waals surface area contributed by atoms with Crippen LogP contribution in [0, 0.1) is 0 Å². The number of amides is 1. The van der Waals surface area contributed by atoms with Gasteiger partial charge in [0.2, 0.25) is 0 Å². The summed E-state index contributed by atoms with van der Waals surface area (Å²) < 4.78 is 10.5. The molecule has 6 heteroatoms. The van der Waals surface area contributed by atoms with Crippen LogP contribution < -0.4 is 10.1 Å². The molecule has 1 amide bonds. The van der Waals surface area contributed by atoms with E-state index in [1.165, 1.54) is 11.8 Å². The molecule has 0 atom stereocenters. The molecule has 0 aliphatic heterocycles. The van der Waals surface area contributed by atoms with Crippen molar-refractivity contribution >= 4 is 28.6 Å². The molecule has 0 saturated carbocycles. The zero-order chi connectivity index (χ0) is 19.8. The van der Waals surface area contributed by atoms with E-state index in [9.17, 15) is 4.79 Å². The van der Waals surface area contributed by atoms with Gasteiger partial charge in [0.1, 0.15) is 10.8 Å². The highest BCUT2D eigenvalue weighted by Gasteiger charge is 2.13. The number of hydrogen-bond acceptors (Lipinski definition) is 5. The molecule has 0 saturated heterocycles. The summed E-state index contributed by atoms with van der Waals surface area (Å²) in [6.07, 6.45) is 0.777. The minimum absolute atomic E-state index is 0.0942.